The molecule has 1 aliphatic carbocycles. The second kappa shape index (κ2) is 16.7. The molecule has 3 N–H and O–H groups in total. The van der Waals surface area contributed by atoms with Gasteiger partial charge >= 0.3 is 0 Å². The quantitative estimate of drug-likeness (QED) is 0.180. The van der Waals surface area contributed by atoms with Crippen molar-refractivity contribution in [3.63, 3.8) is 0 Å². The van der Waals surface area contributed by atoms with Gasteiger partial charge in [-0.05, 0) is 100 Å². The average molecular weight is 665 g/mol. The van der Waals surface area contributed by atoms with Crippen LogP contribution in [0.2, 0.25) is 0 Å². The van der Waals surface area contributed by atoms with E-state index in [0.29, 0.717) is 10.9 Å². The first kappa shape index (κ1) is 33.9. The molecule has 1 atom stereocenters. The van der Waals surface area contributed by atoms with E-state index >= 15 is 0 Å². The Morgan fingerprint density at radius 1 is 0.946 bits per heavy atom. The zero-order valence-corrected chi connectivity index (χ0v) is 26.4. The number of fused-ring (bicyclic) bond motifs is 1. The summed E-state index contributed by atoms with van der Waals surface area (Å²) < 4.78 is 23.1. The van der Waals surface area contributed by atoms with Crippen molar-refractivity contribution in [3.8, 4) is 11.5 Å². The van der Waals surface area contributed by atoms with E-state index in [1.807, 2.05) is 18.2 Å². The standard InChI is InChI=1S/C28H42N2O4S.2BrH/c1-3-19-30(24-11-14-26-23(21-24)10-15-27(31)28(26)32)20-7-5-4-6-17-29-18-16-22-8-12-25(13-9-22)35(2,33)34;;/h8-10,12-13,15,24,29,31-32H,3-7,11,14,16-21H2,1-2H3;2*1H. The third kappa shape index (κ3) is 10.5. The molecule has 0 saturated heterocycles. The summed E-state index contributed by atoms with van der Waals surface area (Å²) in [6.45, 7) is 6.37. The predicted molar refractivity (Wildman–Crippen MR) is 163 cm³/mol. The summed E-state index contributed by atoms with van der Waals surface area (Å²) in [6, 6.07) is 11.3. The molecule has 1 unspecified atom stereocenters. The van der Waals surface area contributed by atoms with Gasteiger partial charge in [-0.25, -0.2) is 8.42 Å². The van der Waals surface area contributed by atoms with Crippen LogP contribution in [0.1, 0.15) is 62.1 Å². The number of phenolic OH excluding ortho intramolecular Hbond substituents is 2. The topological polar surface area (TPSA) is 89.9 Å². The van der Waals surface area contributed by atoms with Crippen LogP contribution in [0.25, 0.3) is 0 Å². The molecule has 37 heavy (non-hydrogen) atoms. The molecule has 0 aromatic heterocycles. The first-order valence-corrected chi connectivity index (χ1v) is 14.9. The highest BCUT2D eigenvalue weighted by molar-refractivity contribution is 8.93. The molecule has 0 amide bonds. The number of phenols is 2. The Labute approximate surface area is 244 Å². The molecule has 0 spiro atoms. The van der Waals surface area contributed by atoms with Gasteiger partial charge in [0.25, 0.3) is 0 Å². The van der Waals surface area contributed by atoms with Crippen molar-refractivity contribution in [2.24, 2.45) is 0 Å². The Kier molecular flexibility index (Phi) is 15.3. The highest BCUT2D eigenvalue weighted by Crippen LogP contribution is 2.36. The van der Waals surface area contributed by atoms with Gasteiger partial charge in [0.15, 0.2) is 21.3 Å². The Morgan fingerprint density at radius 2 is 1.65 bits per heavy atom. The molecular formula is C28H44Br2N2O4S. The number of hydrogen-bond donors (Lipinski definition) is 3. The first-order valence-electron chi connectivity index (χ1n) is 13.1. The Morgan fingerprint density at radius 3 is 2.32 bits per heavy atom. The van der Waals surface area contributed by atoms with Crippen molar-refractivity contribution in [3.05, 3.63) is 53.1 Å². The van der Waals surface area contributed by atoms with Gasteiger partial charge in [-0.3, -0.25) is 0 Å². The summed E-state index contributed by atoms with van der Waals surface area (Å²) in [6.07, 6.45) is 10.9. The fraction of sp³-hybridized carbons (Fsp3) is 0.571. The van der Waals surface area contributed by atoms with Crippen LogP contribution in [0.15, 0.2) is 41.3 Å². The minimum atomic E-state index is -3.13. The normalized spacial score (nSPS) is 15.1. The fourth-order valence-electron chi connectivity index (χ4n) is 5.06. The maximum absolute atomic E-state index is 11.5. The molecule has 6 nitrogen and oxygen atoms in total. The third-order valence-corrected chi connectivity index (χ3v) is 8.19. The van der Waals surface area contributed by atoms with E-state index in [1.54, 1.807) is 18.2 Å². The van der Waals surface area contributed by atoms with Crippen molar-refractivity contribution in [2.75, 3.05) is 32.4 Å². The van der Waals surface area contributed by atoms with Crippen LogP contribution in [-0.2, 0) is 29.1 Å². The monoisotopic (exact) mass is 662 g/mol. The lowest BCUT2D eigenvalue weighted by molar-refractivity contribution is 0.175. The SMILES string of the molecule is Br.Br.CCCN(CCCCCCNCCc1ccc(S(C)(=O)=O)cc1)C1CCc2c(ccc(O)c2O)C1. The summed E-state index contributed by atoms with van der Waals surface area (Å²) in [5.41, 5.74) is 3.25. The molecule has 0 radical (unpaired) electrons. The third-order valence-electron chi connectivity index (χ3n) is 7.06. The Bertz CT molecular complexity index is 1050. The lowest BCUT2D eigenvalue weighted by atomic mass is 9.86. The predicted octanol–water partition coefficient (Wildman–Crippen LogP) is 5.62. The van der Waals surface area contributed by atoms with Crippen molar-refractivity contribution < 1.29 is 18.6 Å². The van der Waals surface area contributed by atoms with Crippen molar-refractivity contribution >= 4 is 43.8 Å². The van der Waals surface area contributed by atoms with Gasteiger partial charge < -0.3 is 20.4 Å². The highest BCUT2D eigenvalue weighted by atomic mass is 79.9. The number of aromatic hydroxyl groups is 2. The number of nitrogens with zero attached hydrogens (tertiary/aromatic N) is 1. The van der Waals surface area contributed by atoms with Crippen LogP contribution in [0.3, 0.4) is 0 Å². The lowest BCUT2D eigenvalue weighted by Gasteiger charge is -2.35. The molecule has 0 saturated carbocycles. The zero-order chi connectivity index (χ0) is 25.3. The summed E-state index contributed by atoms with van der Waals surface area (Å²) in [5, 5.41) is 23.4. The van der Waals surface area contributed by atoms with Gasteiger partial charge in [0, 0.05) is 17.9 Å². The van der Waals surface area contributed by atoms with Gasteiger partial charge in [0.05, 0.1) is 4.90 Å². The fourth-order valence-corrected chi connectivity index (χ4v) is 5.69. The number of halogens is 2. The maximum atomic E-state index is 11.5. The molecule has 2 aromatic carbocycles. The van der Waals surface area contributed by atoms with Gasteiger partial charge in [-0.15, -0.1) is 34.0 Å². The van der Waals surface area contributed by atoms with Crippen LogP contribution < -0.4 is 5.32 Å². The van der Waals surface area contributed by atoms with Gasteiger partial charge in [-0.1, -0.05) is 38.0 Å². The van der Waals surface area contributed by atoms with Gasteiger partial charge in [0.1, 0.15) is 0 Å². The second-order valence-electron chi connectivity index (χ2n) is 9.83. The summed E-state index contributed by atoms with van der Waals surface area (Å²) in [4.78, 5) is 3.00. The minimum absolute atomic E-state index is 0. The minimum Gasteiger partial charge on any atom is -0.504 e. The molecule has 210 valence electrons. The smallest absolute Gasteiger partial charge is 0.175 e. The van der Waals surface area contributed by atoms with Gasteiger partial charge in [-0.2, -0.15) is 0 Å². The van der Waals surface area contributed by atoms with Crippen molar-refractivity contribution in [1.29, 1.82) is 0 Å². The summed E-state index contributed by atoms with van der Waals surface area (Å²) >= 11 is 0. The number of rotatable bonds is 14. The highest BCUT2D eigenvalue weighted by Gasteiger charge is 2.26. The van der Waals surface area contributed by atoms with E-state index in [9.17, 15) is 18.6 Å². The Balaban J connectivity index is 0.00000342. The number of unbranched alkanes of at least 4 members (excludes halogenated alkanes) is 3. The largest absolute Gasteiger partial charge is 0.504 e. The van der Waals surface area contributed by atoms with E-state index in [-0.39, 0.29) is 45.5 Å². The zero-order valence-electron chi connectivity index (χ0n) is 22.1. The second-order valence-corrected chi connectivity index (χ2v) is 11.8. The number of sulfone groups is 1. The molecule has 1 aliphatic rings. The van der Waals surface area contributed by atoms with Crippen LogP contribution in [0, 0.1) is 0 Å². The Hall–Kier alpha value is -1.13. The molecule has 2 aromatic rings. The van der Waals surface area contributed by atoms with Crippen LogP contribution in [-0.4, -0.2) is 62.0 Å². The molecule has 0 fully saturated rings. The molecule has 0 heterocycles. The van der Waals surface area contributed by atoms with Crippen molar-refractivity contribution in [2.45, 2.75) is 75.6 Å². The van der Waals surface area contributed by atoms with Crippen LogP contribution in [0.5, 0.6) is 11.5 Å². The molecule has 3 rings (SSSR count). The van der Waals surface area contributed by atoms with Crippen LogP contribution >= 0.6 is 34.0 Å². The molecule has 9 heteroatoms. The molecule has 0 bridgehead atoms. The van der Waals surface area contributed by atoms with Crippen LogP contribution in [0.4, 0.5) is 0 Å². The summed E-state index contributed by atoms with van der Waals surface area (Å²) in [5.74, 6) is 0.0619. The van der Waals surface area contributed by atoms with E-state index in [4.69, 9.17) is 0 Å². The number of nitrogens with one attached hydrogen (secondary N) is 1. The van der Waals surface area contributed by atoms with E-state index in [2.05, 4.69) is 17.1 Å². The van der Waals surface area contributed by atoms with E-state index < -0.39 is 9.84 Å². The molecular weight excluding hydrogens is 620 g/mol. The van der Waals surface area contributed by atoms with Gasteiger partial charge in [0.2, 0.25) is 0 Å². The number of hydrogen-bond acceptors (Lipinski definition) is 6. The lowest BCUT2D eigenvalue weighted by Crippen LogP contribution is -2.40. The van der Waals surface area contributed by atoms with E-state index in [1.165, 1.54) is 37.5 Å². The maximum Gasteiger partial charge on any atom is 0.175 e. The van der Waals surface area contributed by atoms with E-state index in [0.717, 1.165) is 69.4 Å². The van der Waals surface area contributed by atoms with Crippen molar-refractivity contribution in [1.82, 2.24) is 10.2 Å². The number of benzene rings is 2. The average Bonchev–Trinajstić information content (AvgIpc) is 2.84. The first-order chi connectivity index (χ1) is 16.8. The summed E-state index contributed by atoms with van der Waals surface area (Å²) in [7, 11) is -3.13. The molecule has 0 aliphatic heterocycles.